The zero-order valence-electron chi connectivity index (χ0n) is 24.4. The van der Waals surface area contributed by atoms with Gasteiger partial charge in [0.2, 0.25) is 0 Å². The van der Waals surface area contributed by atoms with E-state index in [1.807, 2.05) is 83.8 Å². The maximum Gasteiger partial charge on any atom is 0.333 e. The van der Waals surface area contributed by atoms with Crippen molar-refractivity contribution in [3.05, 3.63) is 101 Å². The van der Waals surface area contributed by atoms with Gasteiger partial charge in [-0.2, -0.15) is 0 Å². The van der Waals surface area contributed by atoms with Gasteiger partial charge in [0, 0.05) is 69.3 Å². The molecule has 6 rings (SSSR count). The number of hydrazine groups is 1. The average molecular weight is 582 g/mol. The number of hydrogen-bond acceptors (Lipinski definition) is 7. The number of carbonyl (C=O) groups excluding carboxylic acids is 1. The summed E-state index contributed by atoms with van der Waals surface area (Å²) in [5.74, 6) is -0.115. The second-order valence-corrected chi connectivity index (χ2v) is 10.8. The first kappa shape index (κ1) is 28.7. The van der Waals surface area contributed by atoms with Crippen molar-refractivity contribution in [2.24, 2.45) is 0 Å². The molecule has 0 spiro atoms. The van der Waals surface area contributed by atoms with Crippen LogP contribution in [-0.2, 0) is 11.3 Å². The van der Waals surface area contributed by atoms with Crippen molar-refractivity contribution in [2.45, 2.75) is 13.0 Å². The number of rotatable bonds is 10. The third-order valence-electron chi connectivity index (χ3n) is 7.95. The predicted octanol–water partition coefficient (Wildman–Crippen LogP) is 3.19. The molecular weight excluding hydrogens is 542 g/mol. The third kappa shape index (κ3) is 6.51. The van der Waals surface area contributed by atoms with Crippen LogP contribution in [-0.4, -0.2) is 79.0 Å². The Bertz CT molecular complexity index is 1560. The van der Waals surface area contributed by atoms with Gasteiger partial charge in [0.05, 0.1) is 24.6 Å². The third-order valence-corrected chi connectivity index (χ3v) is 7.95. The lowest BCUT2D eigenvalue weighted by molar-refractivity contribution is 0.0725. The van der Waals surface area contributed by atoms with Gasteiger partial charge >= 0.3 is 5.69 Å². The summed E-state index contributed by atoms with van der Waals surface area (Å²) in [6, 6.07) is 27.7. The number of anilines is 2. The van der Waals surface area contributed by atoms with Crippen LogP contribution < -0.4 is 26.8 Å². The van der Waals surface area contributed by atoms with Crippen LogP contribution in [0.1, 0.15) is 16.9 Å². The van der Waals surface area contributed by atoms with Gasteiger partial charge in [-0.3, -0.25) is 13.9 Å². The summed E-state index contributed by atoms with van der Waals surface area (Å²) < 4.78 is 8.96. The number of imidazole rings is 1. The Morgan fingerprint density at radius 2 is 1.53 bits per heavy atom. The standard InChI is InChI=1S/C33H39N7O3/c41-32(38-19-16-34-17-20-38)31-30(26-9-3-1-4-10-26)40(29-14-7-13-28(25-29)37-21-23-43-24-22-37)33(42)39(31)18-8-15-35-36-27-11-5-2-6-12-27/h1-7,9-14,25,34-36H,8,15-24H2. The molecule has 3 N–H and O–H groups in total. The molecule has 43 heavy (non-hydrogen) atoms. The molecule has 10 heteroatoms. The molecule has 0 aliphatic carbocycles. The summed E-state index contributed by atoms with van der Waals surface area (Å²) in [6.07, 6.45) is 0.646. The number of piperazine rings is 1. The van der Waals surface area contributed by atoms with Gasteiger partial charge in [-0.1, -0.05) is 54.6 Å². The Balaban J connectivity index is 1.40. The van der Waals surface area contributed by atoms with Gasteiger partial charge in [-0.05, 0) is 36.8 Å². The van der Waals surface area contributed by atoms with E-state index in [-0.39, 0.29) is 11.6 Å². The highest BCUT2D eigenvalue weighted by molar-refractivity contribution is 5.99. The fourth-order valence-electron chi connectivity index (χ4n) is 5.75. The van der Waals surface area contributed by atoms with Gasteiger partial charge in [-0.15, -0.1) is 0 Å². The summed E-state index contributed by atoms with van der Waals surface area (Å²) in [4.78, 5) is 32.8. The summed E-state index contributed by atoms with van der Waals surface area (Å²) in [5.41, 5.74) is 10.9. The van der Waals surface area contributed by atoms with Crippen molar-refractivity contribution in [3.63, 3.8) is 0 Å². The molecule has 2 saturated heterocycles. The van der Waals surface area contributed by atoms with Gasteiger partial charge < -0.3 is 25.3 Å². The van der Waals surface area contributed by atoms with Crippen LogP contribution >= 0.6 is 0 Å². The van der Waals surface area contributed by atoms with E-state index in [1.165, 1.54) is 0 Å². The number of ether oxygens (including phenoxy) is 1. The number of nitrogens with zero attached hydrogens (tertiary/aromatic N) is 4. The lowest BCUT2D eigenvalue weighted by Gasteiger charge is -2.29. The van der Waals surface area contributed by atoms with Crippen LogP contribution in [0.15, 0.2) is 89.7 Å². The Hall–Kier alpha value is -4.38. The molecule has 0 saturated carbocycles. The Kier molecular flexibility index (Phi) is 9.17. The SMILES string of the molecule is O=C(c1c(-c2ccccc2)n(-c2cccc(N3CCOCC3)c2)c(=O)n1CCCNNc1ccccc1)N1CCNCC1. The highest BCUT2D eigenvalue weighted by Gasteiger charge is 2.31. The van der Waals surface area contributed by atoms with E-state index in [9.17, 15) is 9.59 Å². The van der Waals surface area contributed by atoms with Crippen LogP contribution in [0.2, 0.25) is 0 Å². The lowest BCUT2D eigenvalue weighted by Crippen LogP contribution is -2.47. The second-order valence-electron chi connectivity index (χ2n) is 10.8. The smallest absolute Gasteiger partial charge is 0.333 e. The zero-order valence-corrected chi connectivity index (χ0v) is 24.4. The highest BCUT2D eigenvalue weighted by atomic mass is 16.5. The number of para-hydroxylation sites is 1. The van der Waals surface area contributed by atoms with Gasteiger partial charge in [-0.25, -0.2) is 10.2 Å². The van der Waals surface area contributed by atoms with Crippen molar-refractivity contribution in [1.29, 1.82) is 0 Å². The quantitative estimate of drug-likeness (QED) is 0.196. The maximum atomic E-state index is 14.4. The summed E-state index contributed by atoms with van der Waals surface area (Å²) in [5, 5.41) is 3.33. The van der Waals surface area contributed by atoms with Gasteiger partial charge in [0.15, 0.2) is 0 Å². The molecule has 10 nitrogen and oxygen atoms in total. The number of hydrogen-bond donors (Lipinski definition) is 3. The zero-order chi connectivity index (χ0) is 29.4. The molecule has 1 amide bonds. The number of nitrogens with one attached hydrogen (secondary N) is 3. The molecule has 1 aromatic heterocycles. The first-order valence-electron chi connectivity index (χ1n) is 15.1. The van der Waals surface area contributed by atoms with Crippen LogP contribution in [0.5, 0.6) is 0 Å². The maximum absolute atomic E-state index is 14.4. The Labute approximate surface area is 251 Å². The molecule has 3 aromatic carbocycles. The fraction of sp³-hybridized carbons (Fsp3) is 0.333. The molecule has 2 aliphatic heterocycles. The number of amides is 1. The first-order chi connectivity index (χ1) is 21.2. The van der Waals surface area contributed by atoms with E-state index in [4.69, 9.17) is 4.74 Å². The topological polar surface area (TPSA) is 95.8 Å². The summed E-state index contributed by atoms with van der Waals surface area (Å²) >= 11 is 0. The first-order valence-corrected chi connectivity index (χ1v) is 15.1. The molecule has 0 radical (unpaired) electrons. The normalized spacial score (nSPS) is 15.4. The van der Waals surface area contributed by atoms with Crippen LogP contribution in [0.3, 0.4) is 0 Å². The summed E-state index contributed by atoms with van der Waals surface area (Å²) in [6.45, 7) is 6.60. The van der Waals surface area contributed by atoms with E-state index >= 15 is 0 Å². The Morgan fingerprint density at radius 1 is 0.837 bits per heavy atom. The summed E-state index contributed by atoms with van der Waals surface area (Å²) in [7, 11) is 0. The van der Waals surface area contributed by atoms with E-state index in [2.05, 4.69) is 27.1 Å². The molecular formula is C33H39N7O3. The van der Waals surface area contributed by atoms with E-state index in [1.54, 1.807) is 9.13 Å². The van der Waals surface area contributed by atoms with Gasteiger partial charge in [0.25, 0.3) is 5.91 Å². The monoisotopic (exact) mass is 581 g/mol. The van der Waals surface area contributed by atoms with Crippen molar-refractivity contribution in [1.82, 2.24) is 24.8 Å². The number of benzene rings is 3. The minimum atomic E-state index is -0.215. The molecule has 4 aromatic rings. The van der Waals surface area contributed by atoms with E-state index < -0.39 is 0 Å². The van der Waals surface area contributed by atoms with Gasteiger partial charge in [0.1, 0.15) is 5.69 Å². The lowest BCUT2D eigenvalue weighted by atomic mass is 10.1. The molecule has 2 aliphatic rings. The fourth-order valence-corrected chi connectivity index (χ4v) is 5.75. The average Bonchev–Trinajstić information content (AvgIpc) is 3.37. The van der Waals surface area contributed by atoms with Crippen molar-refractivity contribution in [3.8, 4) is 16.9 Å². The van der Waals surface area contributed by atoms with Crippen molar-refractivity contribution in [2.75, 3.05) is 69.4 Å². The molecule has 0 atom stereocenters. The molecule has 3 heterocycles. The van der Waals surface area contributed by atoms with Crippen LogP contribution in [0, 0.1) is 0 Å². The van der Waals surface area contributed by atoms with E-state index in [0.29, 0.717) is 57.2 Å². The van der Waals surface area contributed by atoms with Crippen molar-refractivity contribution >= 4 is 17.3 Å². The molecule has 224 valence electrons. The minimum absolute atomic E-state index is 0.115. The van der Waals surface area contributed by atoms with E-state index in [0.717, 1.165) is 48.8 Å². The second kappa shape index (κ2) is 13.7. The molecule has 0 bridgehead atoms. The predicted molar refractivity (Wildman–Crippen MR) is 170 cm³/mol. The highest BCUT2D eigenvalue weighted by Crippen LogP contribution is 2.29. The molecule has 2 fully saturated rings. The number of morpholine rings is 1. The minimum Gasteiger partial charge on any atom is -0.378 e. The van der Waals surface area contributed by atoms with Crippen LogP contribution in [0.4, 0.5) is 11.4 Å². The number of carbonyl (C=O) groups is 1. The Morgan fingerprint density at radius 3 is 2.28 bits per heavy atom. The largest absolute Gasteiger partial charge is 0.378 e. The van der Waals surface area contributed by atoms with Crippen LogP contribution in [0.25, 0.3) is 16.9 Å². The van der Waals surface area contributed by atoms with Crippen molar-refractivity contribution < 1.29 is 9.53 Å². The molecule has 0 unspecified atom stereocenters. The number of aromatic nitrogens is 2.